The molecular formula is C41H43N5O8. The van der Waals surface area contributed by atoms with Gasteiger partial charge in [-0.05, 0) is 73.4 Å². The molecule has 4 aromatic rings. The van der Waals surface area contributed by atoms with Crippen LogP contribution < -0.4 is 21.9 Å². The summed E-state index contributed by atoms with van der Waals surface area (Å²) in [6.07, 6.45) is 2.62. The summed E-state index contributed by atoms with van der Waals surface area (Å²) in [7, 11) is 0. The highest BCUT2D eigenvalue weighted by Crippen LogP contribution is 2.43. The number of hydrogen-bond acceptors (Lipinski definition) is 10. The predicted molar refractivity (Wildman–Crippen MR) is 198 cm³/mol. The number of ketones is 2. The molecule has 0 spiro atoms. The molecule has 0 bridgehead atoms. The molecule has 54 heavy (non-hydrogen) atoms. The Morgan fingerprint density at radius 1 is 1.04 bits per heavy atom. The molecule has 0 fully saturated rings. The number of nitrogens with two attached hydrogens (primary N) is 1. The third kappa shape index (κ3) is 6.62. The largest absolute Gasteiger partial charge is 0.458 e. The van der Waals surface area contributed by atoms with Gasteiger partial charge in [-0.25, -0.2) is 9.78 Å². The normalized spacial score (nSPS) is 17.8. The van der Waals surface area contributed by atoms with Gasteiger partial charge in [0.1, 0.15) is 6.61 Å². The van der Waals surface area contributed by atoms with Gasteiger partial charge < -0.3 is 30.8 Å². The first kappa shape index (κ1) is 36.8. The number of ether oxygens (including phenoxy) is 1. The van der Waals surface area contributed by atoms with Crippen LogP contribution in [-0.2, 0) is 73.1 Å². The summed E-state index contributed by atoms with van der Waals surface area (Å²) in [6.45, 7) is 2.92. The number of carbonyl (C=O) groups is 5. The van der Waals surface area contributed by atoms with Crippen LogP contribution in [0.15, 0.2) is 53.3 Å². The van der Waals surface area contributed by atoms with Crippen molar-refractivity contribution < 1.29 is 33.8 Å². The fourth-order valence-corrected chi connectivity index (χ4v) is 8.08. The van der Waals surface area contributed by atoms with Gasteiger partial charge in [0.05, 0.1) is 48.1 Å². The van der Waals surface area contributed by atoms with Crippen molar-refractivity contribution in [2.45, 2.75) is 83.6 Å². The summed E-state index contributed by atoms with van der Waals surface area (Å²) in [6, 6.07) is 13.9. The van der Waals surface area contributed by atoms with E-state index in [1.165, 1.54) is 0 Å². The number of benzene rings is 2. The number of hydrogen-bond donors (Lipinski definition) is 4. The zero-order valence-corrected chi connectivity index (χ0v) is 30.3. The zero-order chi connectivity index (χ0) is 38.3. The third-order valence-corrected chi connectivity index (χ3v) is 11.1. The number of aryl methyl sites for hydroxylation is 2. The molecule has 4 heterocycles. The molecule has 0 saturated carbocycles. The maximum atomic E-state index is 13.8. The molecule has 2 amide bonds. The maximum Gasteiger partial charge on any atom is 0.343 e. The van der Waals surface area contributed by atoms with E-state index in [-0.39, 0.29) is 73.6 Å². The van der Waals surface area contributed by atoms with Gasteiger partial charge in [0.25, 0.3) is 5.56 Å². The summed E-state index contributed by atoms with van der Waals surface area (Å²) < 4.78 is 6.85. The molecule has 0 saturated heterocycles. The smallest absolute Gasteiger partial charge is 0.343 e. The molecule has 7 rings (SSSR count). The van der Waals surface area contributed by atoms with Crippen molar-refractivity contribution in [2.24, 2.45) is 11.7 Å². The van der Waals surface area contributed by atoms with Crippen LogP contribution in [0.1, 0.15) is 72.1 Å². The Labute approximate surface area is 311 Å². The molecule has 13 nitrogen and oxygen atoms in total. The van der Waals surface area contributed by atoms with E-state index in [0.29, 0.717) is 17.9 Å². The Balaban J connectivity index is 1.13. The number of amides is 2. The molecule has 2 aliphatic heterocycles. The lowest BCUT2D eigenvalue weighted by Crippen LogP contribution is -2.44. The molecule has 0 unspecified atom stereocenters. The van der Waals surface area contributed by atoms with Gasteiger partial charge in [0, 0.05) is 35.3 Å². The fraction of sp³-hybridized carbons (Fsp3) is 0.390. The molecule has 13 heteroatoms. The van der Waals surface area contributed by atoms with Crippen molar-refractivity contribution in [3.05, 3.63) is 97.8 Å². The number of rotatable bonds is 13. The molecule has 280 valence electrons. The summed E-state index contributed by atoms with van der Waals surface area (Å²) in [5.41, 5.74) is 10.3. The number of nitrogens with zero attached hydrogens (tertiary/aromatic N) is 2. The average molecular weight is 734 g/mol. The lowest BCUT2D eigenvalue weighted by molar-refractivity contribution is -0.172. The van der Waals surface area contributed by atoms with Gasteiger partial charge in [-0.3, -0.25) is 24.0 Å². The van der Waals surface area contributed by atoms with Gasteiger partial charge in [0.15, 0.2) is 17.2 Å². The molecule has 0 radical (unpaired) electrons. The van der Waals surface area contributed by atoms with Crippen LogP contribution in [0.5, 0.6) is 0 Å². The Morgan fingerprint density at radius 3 is 2.54 bits per heavy atom. The Hall–Kier alpha value is -5.53. The van der Waals surface area contributed by atoms with E-state index >= 15 is 0 Å². The second-order valence-corrected chi connectivity index (χ2v) is 14.5. The molecule has 3 aliphatic rings. The third-order valence-electron chi connectivity index (χ3n) is 11.1. The van der Waals surface area contributed by atoms with Gasteiger partial charge in [0.2, 0.25) is 11.8 Å². The number of aliphatic hydroxyl groups is 1. The van der Waals surface area contributed by atoms with Crippen molar-refractivity contribution in [1.82, 2.24) is 20.2 Å². The van der Waals surface area contributed by atoms with Crippen LogP contribution in [-0.4, -0.2) is 63.1 Å². The van der Waals surface area contributed by atoms with E-state index in [9.17, 15) is 33.9 Å². The van der Waals surface area contributed by atoms with Crippen LogP contribution in [0.25, 0.3) is 22.3 Å². The number of nitrogens with one attached hydrogen (secondary N) is 2. The monoisotopic (exact) mass is 733 g/mol. The molecule has 3 atom stereocenters. The van der Waals surface area contributed by atoms with Crippen molar-refractivity contribution >= 4 is 40.3 Å². The van der Waals surface area contributed by atoms with Gasteiger partial charge in [-0.2, -0.15) is 0 Å². The topological polar surface area (TPSA) is 200 Å². The number of carbonyl (C=O) groups excluding carboxylic acids is 5. The lowest BCUT2D eigenvalue weighted by atomic mass is 9.83. The minimum atomic E-state index is -1.91. The van der Waals surface area contributed by atoms with Crippen LogP contribution in [0.3, 0.4) is 0 Å². The number of pyridine rings is 2. The number of Topliss-reactive ketones (excluding diaryl/α,β-unsaturated/α-hetero) is 2. The Bertz CT molecular complexity index is 2280. The van der Waals surface area contributed by atoms with E-state index < -0.39 is 35.3 Å². The number of cyclic esters (lactones) is 1. The van der Waals surface area contributed by atoms with Crippen LogP contribution in [0.4, 0.5) is 0 Å². The fourth-order valence-electron chi connectivity index (χ4n) is 8.08. The summed E-state index contributed by atoms with van der Waals surface area (Å²) >= 11 is 0. The molecule has 2 aromatic carbocycles. The summed E-state index contributed by atoms with van der Waals surface area (Å²) in [4.78, 5) is 83.0. The zero-order valence-electron chi connectivity index (χ0n) is 30.3. The van der Waals surface area contributed by atoms with E-state index in [2.05, 4.69) is 10.6 Å². The van der Waals surface area contributed by atoms with E-state index in [1.54, 1.807) is 24.5 Å². The van der Waals surface area contributed by atoms with Gasteiger partial charge >= 0.3 is 5.97 Å². The molecule has 1 aliphatic carbocycles. The SMILES string of the molecule is CC[C@@]1(O)C(=O)OCc2c1cc1n(c2=O)Cc2c-1nc1ccc(CC(=O)[C@H](C)NC(=O)[C@@H](CC(=O)CNC(=O)CN)Cc3ccccc3)c3c1c2CCC3. The van der Waals surface area contributed by atoms with Crippen molar-refractivity contribution in [1.29, 1.82) is 0 Å². The number of esters is 1. The second-order valence-electron chi connectivity index (χ2n) is 14.5. The lowest BCUT2D eigenvalue weighted by Gasteiger charge is -2.31. The first-order valence-corrected chi connectivity index (χ1v) is 18.4. The van der Waals surface area contributed by atoms with Gasteiger partial charge in [-0.1, -0.05) is 43.3 Å². The quantitative estimate of drug-likeness (QED) is 0.130. The van der Waals surface area contributed by atoms with E-state index in [0.717, 1.165) is 58.0 Å². The van der Waals surface area contributed by atoms with Crippen molar-refractivity contribution in [3.8, 4) is 11.4 Å². The highest BCUT2D eigenvalue weighted by molar-refractivity contribution is 5.96. The summed E-state index contributed by atoms with van der Waals surface area (Å²) in [5.74, 6) is -2.93. The average Bonchev–Trinajstić information content (AvgIpc) is 3.55. The Kier molecular flexibility index (Phi) is 10.0. The molecule has 5 N–H and O–H groups in total. The van der Waals surface area contributed by atoms with Crippen LogP contribution >= 0.6 is 0 Å². The highest BCUT2D eigenvalue weighted by atomic mass is 16.6. The van der Waals surface area contributed by atoms with Crippen molar-refractivity contribution in [3.63, 3.8) is 0 Å². The number of fused-ring (bicyclic) bond motifs is 5. The first-order chi connectivity index (χ1) is 25.9. The van der Waals surface area contributed by atoms with Crippen LogP contribution in [0, 0.1) is 5.92 Å². The standard InChI is InChI=1S/C41H43N5O8/c1-3-41(53)31-17-33-37-29(20-46(33)39(51)30(31)21-54-40(41)52)28-11-7-10-27-24(12-13-32(45-37)36(27)28)16-34(48)22(2)44-38(50)25(14-23-8-5-4-6-9-23)15-26(47)19-43-35(49)18-42/h4-6,8-9,12-13,17,22,25,53H,3,7,10-11,14-16,18-21,42H2,1-2H3,(H,43,49)(H,44,50)/t22-,25+,41-/m0/s1. The van der Waals surface area contributed by atoms with E-state index in [1.807, 2.05) is 42.5 Å². The summed E-state index contributed by atoms with van der Waals surface area (Å²) in [5, 5.41) is 17.5. The minimum Gasteiger partial charge on any atom is -0.458 e. The van der Waals surface area contributed by atoms with Crippen LogP contribution in [0.2, 0.25) is 0 Å². The van der Waals surface area contributed by atoms with E-state index in [4.69, 9.17) is 15.5 Å². The predicted octanol–water partition coefficient (Wildman–Crippen LogP) is 2.08. The van der Waals surface area contributed by atoms with Crippen molar-refractivity contribution in [2.75, 3.05) is 13.1 Å². The second kappa shape index (κ2) is 14.7. The van der Waals surface area contributed by atoms with Gasteiger partial charge in [-0.15, -0.1) is 0 Å². The Morgan fingerprint density at radius 2 is 1.80 bits per heavy atom. The number of aromatic nitrogens is 2. The minimum absolute atomic E-state index is 0.0581. The first-order valence-electron chi connectivity index (χ1n) is 18.4. The maximum absolute atomic E-state index is 13.8. The molecule has 2 aromatic heterocycles. The highest BCUT2D eigenvalue weighted by Gasteiger charge is 2.45. The molecular weight excluding hydrogens is 690 g/mol.